The number of fused-ring (bicyclic) bond motifs is 1. The normalized spacial score (nSPS) is 11.0. The van der Waals surface area contributed by atoms with Crippen LogP contribution in [0.5, 0.6) is 0 Å². The minimum absolute atomic E-state index is 0.711. The maximum atomic E-state index is 5.47. The topological polar surface area (TPSA) is 54.7 Å². The molecule has 0 atom stereocenters. The summed E-state index contributed by atoms with van der Waals surface area (Å²) < 4.78 is 1.08. The van der Waals surface area contributed by atoms with E-state index >= 15 is 0 Å². The molecule has 0 saturated carbocycles. The fourth-order valence-electron chi connectivity index (χ4n) is 1.50. The average Bonchev–Trinajstić information content (AvgIpc) is 2.57. The molecule has 4 heteroatoms. The van der Waals surface area contributed by atoms with Crippen LogP contribution in [-0.4, -0.2) is 16.7 Å². The Bertz CT molecular complexity index is 436. The number of benzene rings is 1. The van der Waals surface area contributed by atoms with Gasteiger partial charge in [-0.25, -0.2) is 0 Å². The van der Waals surface area contributed by atoms with Crippen molar-refractivity contribution in [3.05, 3.63) is 28.4 Å². The third-order valence-electron chi connectivity index (χ3n) is 2.22. The van der Waals surface area contributed by atoms with Crippen LogP contribution >= 0.6 is 15.9 Å². The summed E-state index contributed by atoms with van der Waals surface area (Å²) in [6, 6.07) is 6.12. The van der Waals surface area contributed by atoms with Gasteiger partial charge in [-0.05, 0) is 37.6 Å². The molecule has 3 nitrogen and oxygen atoms in total. The molecule has 0 aliphatic carbocycles. The molecular formula is C10H12BrN3. The summed E-state index contributed by atoms with van der Waals surface area (Å²) in [4.78, 5) is 0. The molecule has 0 amide bonds. The van der Waals surface area contributed by atoms with Crippen molar-refractivity contribution in [3.63, 3.8) is 0 Å². The van der Waals surface area contributed by atoms with Gasteiger partial charge in [0.1, 0.15) is 0 Å². The first-order chi connectivity index (χ1) is 6.81. The Morgan fingerprint density at radius 3 is 3.07 bits per heavy atom. The number of aryl methyl sites for hydroxylation is 1. The van der Waals surface area contributed by atoms with E-state index in [1.165, 1.54) is 5.39 Å². The van der Waals surface area contributed by atoms with Gasteiger partial charge in [0.05, 0.1) is 11.2 Å². The SMILES string of the molecule is NCCCc1n[nH]c2ccc(Br)cc12. The maximum Gasteiger partial charge on any atom is 0.0701 e. The molecule has 0 unspecified atom stereocenters. The molecule has 1 aromatic carbocycles. The molecule has 0 bridgehead atoms. The summed E-state index contributed by atoms with van der Waals surface area (Å²) in [5.41, 5.74) is 7.66. The maximum absolute atomic E-state index is 5.47. The molecular weight excluding hydrogens is 242 g/mol. The molecule has 0 aliphatic heterocycles. The van der Waals surface area contributed by atoms with Crippen molar-refractivity contribution in [1.82, 2.24) is 10.2 Å². The lowest BCUT2D eigenvalue weighted by atomic mass is 10.1. The molecule has 1 aromatic heterocycles. The van der Waals surface area contributed by atoms with E-state index in [9.17, 15) is 0 Å². The first kappa shape index (κ1) is 9.68. The fraction of sp³-hybridized carbons (Fsp3) is 0.300. The smallest absolute Gasteiger partial charge is 0.0701 e. The van der Waals surface area contributed by atoms with E-state index < -0.39 is 0 Å². The Hall–Kier alpha value is -0.870. The van der Waals surface area contributed by atoms with E-state index in [0.717, 1.165) is 28.5 Å². The first-order valence-electron chi connectivity index (χ1n) is 4.64. The van der Waals surface area contributed by atoms with Gasteiger partial charge in [0.15, 0.2) is 0 Å². The minimum Gasteiger partial charge on any atom is -0.330 e. The van der Waals surface area contributed by atoms with Gasteiger partial charge < -0.3 is 5.73 Å². The monoisotopic (exact) mass is 253 g/mol. The average molecular weight is 254 g/mol. The zero-order valence-corrected chi connectivity index (χ0v) is 9.34. The number of nitrogens with one attached hydrogen (secondary N) is 1. The lowest BCUT2D eigenvalue weighted by Crippen LogP contribution is -2.00. The summed E-state index contributed by atoms with van der Waals surface area (Å²) in [6.45, 7) is 0.711. The predicted octanol–water partition coefficient (Wildman–Crippen LogP) is 2.22. The summed E-state index contributed by atoms with van der Waals surface area (Å²) in [7, 11) is 0. The summed E-state index contributed by atoms with van der Waals surface area (Å²) in [5, 5.41) is 8.47. The third kappa shape index (κ3) is 1.81. The van der Waals surface area contributed by atoms with Crippen LogP contribution in [0, 0.1) is 0 Å². The fourth-order valence-corrected chi connectivity index (χ4v) is 1.86. The van der Waals surface area contributed by atoms with Crippen molar-refractivity contribution in [1.29, 1.82) is 0 Å². The Labute approximate surface area is 90.8 Å². The number of nitrogens with zero attached hydrogens (tertiary/aromatic N) is 1. The minimum atomic E-state index is 0.711. The highest BCUT2D eigenvalue weighted by atomic mass is 79.9. The van der Waals surface area contributed by atoms with Gasteiger partial charge in [0, 0.05) is 9.86 Å². The molecule has 0 fully saturated rings. The van der Waals surface area contributed by atoms with Crippen LogP contribution in [-0.2, 0) is 6.42 Å². The van der Waals surface area contributed by atoms with Gasteiger partial charge in [-0.3, -0.25) is 5.10 Å². The van der Waals surface area contributed by atoms with Crippen molar-refractivity contribution >= 4 is 26.8 Å². The van der Waals surface area contributed by atoms with Gasteiger partial charge in [-0.15, -0.1) is 0 Å². The van der Waals surface area contributed by atoms with Crippen molar-refractivity contribution < 1.29 is 0 Å². The summed E-state index contributed by atoms with van der Waals surface area (Å²) in [5.74, 6) is 0. The van der Waals surface area contributed by atoms with E-state index in [4.69, 9.17) is 5.73 Å². The number of aromatic amines is 1. The Morgan fingerprint density at radius 2 is 2.29 bits per heavy atom. The molecule has 2 aromatic rings. The zero-order valence-electron chi connectivity index (χ0n) is 7.76. The first-order valence-corrected chi connectivity index (χ1v) is 5.43. The highest BCUT2D eigenvalue weighted by Gasteiger charge is 2.04. The molecule has 3 N–H and O–H groups in total. The molecule has 14 heavy (non-hydrogen) atoms. The highest BCUT2D eigenvalue weighted by molar-refractivity contribution is 9.10. The lowest BCUT2D eigenvalue weighted by Gasteiger charge is -1.95. The van der Waals surface area contributed by atoms with E-state index in [1.54, 1.807) is 0 Å². The molecule has 74 valence electrons. The lowest BCUT2D eigenvalue weighted by molar-refractivity contribution is 0.808. The van der Waals surface area contributed by atoms with Gasteiger partial charge in [-0.1, -0.05) is 15.9 Å². The van der Waals surface area contributed by atoms with Crippen LogP contribution in [0.2, 0.25) is 0 Å². The van der Waals surface area contributed by atoms with Crippen molar-refractivity contribution in [2.24, 2.45) is 5.73 Å². The molecule has 0 saturated heterocycles. The van der Waals surface area contributed by atoms with Crippen LogP contribution in [0.15, 0.2) is 22.7 Å². The largest absolute Gasteiger partial charge is 0.330 e. The predicted molar refractivity (Wildman–Crippen MR) is 61.2 cm³/mol. The molecule has 2 rings (SSSR count). The van der Waals surface area contributed by atoms with Crippen molar-refractivity contribution in [2.45, 2.75) is 12.8 Å². The van der Waals surface area contributed by atoms with E-state index in [-0.39, 0.29) is 0 Å². The number of H-pyrrole nitrogens is 1. The Kier molecular flexibility index (Phi) is 2.84. The van der Waals surface area contributed by atoms with E-state index in [1.807, 2.05) is 12.1 Å². The van der Waals surface area contributed by atoms with E-state index in [0.29, 0.717) is 6.54 Å². The number of rotatable bonds is 3. The zero-order chi connectivity index (χ0) is 9.97. The summed E-state index contributed by atoms with van der Waals surface area (Å²) in [6.07, 6.45) is 1.92. The van der Waals surface area contributed by atoms with Crippen LogP contribution < -0.4 is 5.73 Å². The standard InChI is InChI=1S/C10H12BrN3/c11-7-3-4-10-8(6-7)9(13-14-10)2-1-5-12/h3-4,6H,1-2,5,12H2,(H,13,14). The van der Waals surface area contributed by atoms with Crippen molar-refractivity contribution in [2.75, 3.05) is 6.54 Å². The second-order valence-electron chi connectivity index (χ2n) is 3.25. The number of halogens is 1. The van der Waals surface area contributed by atoms with Crippen molar-refractivity contribution in [3.8, 4) is 0 Å². The van der Waals surface area contributed by atoms with Gasteiger partial charge in [-0.2, -0.15) is 5.10 Å². The number of aromatic nitrogens is 2. The third-order valence-corrected chi connectivity index (χ3v) is 2.71. The second-order valence-corrected chi connectivity index (χ2v) is 4.17. The van der Waals surface area contributed by atoms with Crippen LogP contribution in [0.4, 0.5) is 0 Å². The molecule has 0 spiro atoms. The summed E-state index contributed by atoms with van der Waals surface area (Å²) >= 11 is 3.45. The van der Waals surface area contributed by atoms with Crippen LogP contribution in [0.25, 0.3) is 10.9 Å². The quantitative estimate of drug-likeness (QED) is 0.882. The number of hydrogen-bond donors (Lipinski definition) is 2. The van der Waals surface area contributed by atoms with E-state index in [2.05, 4.69) is 32.2 Å². The Balaban J connectivity index is 2.40. The van der Waals surface area contributed by atoms with Crippen LogP contribution in [0.3, 0.4) is 0 Å². The Morgan fingerprint density at radius 1 is 1.43 bits per heavy atom. The van der Waals surface area contributed by atoms with Gasteiger partial charge >= 0.3 is 0 Å². The molecule has 0 radical (unpaired) electrons. The van der Waals surface area contributed by atoms with Gasteiger partial charge in [0.2, 0.25) is 0 Å². The number of nitrogens with two attached hydrogens (primary N) is 1. The highest BCUT2D eigenvalue weighted by Crippen LogP contribution is 2.21. The van der Waals surface area contributed by atoms with Crippen LogP contribution in [0.1, 0.15) is 12.1 Å². The number of hydrogen-bond acceptors (Lipinski definition) is 2. The molecule has 1 heterocycles. The molecule has 0 aliphatic rings. The second kappa shape index (κ2) is 4.11. The van der Waals surface area contributed by atoms with Gasteiger partial charge in [0.25, 0.3) is 0 Å².